The molecule has 20 heteroatoms. The van der Waals surface area contributed by atoms with Crippen molar-refractivity contribution in [2.45, 2.75) is 65.1 Å². The van der Waals surface area contributed by atoms with Gasteiger partial charge in [-0.05, 0) is 63.4 Å². The van der Waals surface area contributed by atoms with Crippen molar-refractivity contribution in [3.8, 4) is 22.2 Å². The van der Waals surface area contributed by atoms with Crippen LogP contribution in [0.3, 0.4) is 0 Å². The summed E-state index contributed by atoms with van der Waals surface area (Å²) in [6.07, 6.45) is 0.876. The summed E-state index contributed by atoms with van der Waals surface area (Å²) in [7, 11) is 2.87. The molecule has 0 aliphatic carbocycles. The number of imide groups is 1. The van der Waals surface area contributed by atoms with Gasteiger partial charge in [-0.2, -0.15) is 10.2 Å². The Hall–Kier alpha value is -6.99. The van der Waals surface area contributed by atoms with Gasteiger partial charge in [0.25, 0.3) is 11.8 Å². The number of hydrogen-bond acceptors (Lipinski definition) is 14. The molecule has 5 heterocycles. The number of carbonyl (C=O) groups excluding carboxylic acids is 5. The highest BCUT2D eigenvalue weighted by Crippen LogP contribution is 2.43. The molecule has 336 valence electrons. The fourth-order valence-electron chi connectivity index (χ4n) is 7.95. The number of hydrogen-bond donors (Lipinski definition) is 3. The molecule has 8 rings (SSSR count). The molecular formula is C45H45ClN10O8S. The number of nitrogens with one attached hydrogen (secondary N) is 3. The lowest BCUT2D eigenvalue weighted by atomic mass is 9.99. The quantitative estimate of drug-likeness (QED) is 0.0624. The van der Waals surface area contributed by atoms with Gasteiger partial charge in [0.05, 0.1) is 37.7 Å². The Kier molecular flexibility index (Phi) is 13.0. The second-order valence-corrected chi connectivity index (χ2v) is 17.2. The Morgan fingerprint density at radius 1 is 0.954 bits per heavy atom. The van der Waals surface area contributed by atoms with Gasteiger partial charge in [-0.15, -0.1) is 21.5 Å². The first kappa shape index (κ1) is 44.6. The van der Waals surface area contributed by atoms with Gasteiger partial charge in [-0.3, -0.25) is 38.8 Å². The number of amides is 5. The molecule has 5 amide bonds. The topological polar surface area (TPSA) is 220 Å². The number of rotatable bonds is 15. The predicted octanol–water partition coefficient (Wildman–Crippen LogP) is 6.08. The Balaban J connectivity index is 0.849. The lowest BCUT2D eigenvalue weighted by molar-refractivity contribution is -0.137. The summed E-state index contributed by atoms with van der Waals surface area (Å²) in [5.74, 6) is 0.115. The zero-order chi connectivity index (χ0) is 45.9. The van der Waals surface area contributed by atoms with Gasteiger partial charge in [-0.1, -0.05) is 29.8 Å². The Morgan fingerprint density at radius 3 is 2.38 bits per heavy atom. The molecule has 0 radical (unpaired) electrons. The third kappa shape index (κ3) is 9.19. The van der Waals surface area contributed by atoms with E-state index in [0.717, 1.165) is 32.3 Å². The van der Waals surface area contributed by atoms with Gasteiger partial charge in [0, 0.05) is 70.3 Å². The Labute approximate surface area is 382 Å². The number of azo groups is 1. The molecule has 2 unspecified atom stereocenters. The summed E-state index contributed by atoms with van der Waals surface area (Å²) in [4.78, 5) is 71.5. The number of methoxy groups -OCH3 is 2. The molecule has 3 aliphatic heterocycles. The number of nitrogens with zero attached hydrogens (tertiary/aromatic N) is 7. The lowest BCUT2D eigenvalue weighted by Crippen LogP contribution is -2.52. The Morgan fingerprint density at radius 2 is 1.68 bits per heavy atom. The third-order valence-electron chi connectivity index (χ3n) is 11.4. The molecule has 1 saturated heterocycles. The summed E-state index contributed by atoms with van der Waals surface area (Å²) in [5, 5.41) is 27.2. The molecule has 5 aromatic rings. The minimum atomic E-state index is -0.761. The number of carbonyl (C=O) groups is 5. The minimum Gasteiger partial charge on any atom is -0.493 e. The molecule has 3 aromatic carbocycles. The van der Waals surface area contributed by atoms with Crippen LogP contribution >= 0.6 is 22.9 Å². The number of thiophene rings is 1. The zero-order valence-electron chi connectivity index (χ0n) is 36.2. The molecule has 2 atom stereocenters. The molecule has 0 saturated carbocycles. The lowest BCUT2D eigenvalue weighted by Gasteiger charge is -2.29. The van der Waals surface area contributed by atoms with E-state index in [1.54, 1.807) is 41.7 Å². The molecule has 18 nitrogen and oxygen atoms in total. The first-order chi connectivity index (χ1) is 31.3. The van der Waals surface area contributed by atoms with Crippen LogP contribution in [0.1, 0.15) is 80.9 Å². The highest BCUT2D eigenvalue weighted by atomic mass is 35.5. The van der Waals surface area contributed by atoms with E-state index < -0.39 is 23.9 Å². The second kappa shape index (κ2) is 19.0. The Bertz CT molecular complexity index is 2760. The second-order valence-electron chi connectivity index (χ2n) is 15.5. The smallest absolute Gasteiger partial charge is 0.257 e. The van der Waals surface area contributed by atoms with Crippen molar-refractivity contribution in [1.82, 2.24) is 35.6 Å². The summed E-state index contributed by atoms with van der Waals surface area (Å²) < 4.78 is 19.0. The molecule has 1 fully saturated rings. The van der Waals surface area contributed by atoms with Gasteiger partial charge >= 0.3 is 0 Å². The van der Waals surface area contributed by atoms with Gasteiger partial charge in [-0.25, -0.2) is 0 Å². The van der Waals surface area contributed by atoms with E-state index in [0.29, 0.717) is 52.1 Å². The van der Waals surface area contributed by atoms with Crippen LogP contribution in [0.25, 0.3) is 5.00 Å². The maximum atomic E-state index is 13.4. The van der Waals surface area contributed by atoms with E-state index in [2.05, 4.69) is 50.2 Å². The van der Waals surface area contributed by atoms with Crippen molar-refractivity contribution in [2.24, 2.45) is 15.2 Å². The normalized spacial score (nSPS) is 16.6. The van der Waals surface area contributed by atoms with E-state index in [4.69, 9.17) is 30.8 Å². The number of ether oxygens (including phenoxy) is 3. The minimum absolute atomic E-state index is 0.0344. The number of aromatic nitrogens is 3. The van der Waals surface area contributed by atoms with Gasteiger partial charge in [0.2, 0.25) is 23.5 Å². The van der Waals surface area contributed by atoms with Crippen molar-refractivity contribution in [3.05, 3.63) is 104 Å². The molecule has 65 heavy (non-hydrogen) atoms. The van der Waals surface area contributed by atoms with Crippen molar-refractivity contribution in [3.63, 3.8) is 0 Å². The number of aryl methyl sites for hydroxylation is 2. The maximum absolute atomic E-state index is 13.4. The summed E-state index contributed by atoms with van der Waals surface area (Å²) in [6.45, 7) is 6.38. The van der Waals surface area contributed by atoms with Gasteiger partial charge in [0.1, 0.15) is 22.9 Å². The summed E-state index contributed by atoms with van der Waals surface area (Å²) in [6, 6.07) is 14.3. The van der Waals surface area contributed by atoms with Gasteiger partial charge in [0.15, 0.2) is 23.9 Å². The largest absolute Gasteiger partial charge is 0.493 e. The van der Waals surface area contributed by atoms with E-state index >= 15 is 0 Å². The maximum Gasteiger partial charge on any atom is 0.257 e. The van der Waals surface area contributed by atoms with E-state index in [1.807, 2.05) is 35.8 Å². The zero-order valence-corrected chi connectivity index (χ0v) is 37.8. The van der Waals surface area contributed by atoms with E-state index in [9.17, 15) is 24.0 Å². The average Bonchev–Trinajstić information content (AvgIpc) is 3.91. The number of piperidine rings is 1. The number of fused-ring (bicyclic) bond motifs is 4. The van der Waals surface area contributed by atoms with Crippen LogP contribution in [0.15, 0.2) is 69.8 Å². The summed E-state index contributed by atoms with van der Waals surface area (Å²) >= 11 is 7.87. The van der Waals surface area contributed by atoms with Crippen molar-refractivity contribution >= 4 is 69.6 Å². The van der Waals surface area contributed by atoms with Crippen molar-refractivity contribution in [2.75, 3.05) is 33.9 Å². The van der Waals surface area contributed by atoms with Crippen LogP contribution < -0.4 is 30.2 Å². The highest BCUT2D eigenvalue weighted by Gasteiger charge is 2.40. The SMILES string of the molecule is COc1cc(N=Nc2cccc3c2CN(C2CCC(=O)NC2=O)C3=O)cc(OC)c1OCC(=O)NCCCNC(=O)CC1N=C(c2ccc(Cl)cc2)c2c(sc(C)c2C)-n2c(C)nnc21. The van der Waals surface area contributed by atoms with Crippen LogP contribution in [0.2, 0.25) is 5.02 Å². The van der Waals surface area contributed by atoms with Crippen LogP contribution in [0, 0.1) is 20.8 Å². The standard InChI is InChI=1S/C45H45ClN10O8S/c1-23-24(2)65-45-39(23)40(26-10-12-27(46)13-11-26)49-32(42-54-51-25(3)56(42)45)20-37(58)47-16-7-17-48-38(59)22-64-41-34(62-4)18-28(19-35(41)63-5)52-53-31-9-6-8-29-30(31)21-55(44(29)61)33-14-15-36(57)50-43(33)60/h6,8-13,18-19,32-33H,7,14-17,20-22H2,1-5H3,(H,47,58)(H,48,59)(H,50,57,60). The monoisotopic (exact) mass is 920 g/mol. The molecule has 3 aliphatic rings. The number of halogens is 1. The van der Waals surface area contributed by atoms with Crippen molar-refractivity contribution < 1.29 is 38.2 Å². The van der Waals surface area contributed by atoms with E-state index in [1.165, 1.54) is 19.1 Å². The molecule has 3 N–H and O–H groups in total. The first-order valence-electron chi connectivity index (χ1n) is 20.8. The molecular weight excluding hydrogens is 876 g/mol. The van der Waals surface area contributed by atoms with Crippen LogP contribution in [-0.2, 0) is 25.7 Å². The van der Waals surface area contributed by atoms with Gasteiger partial charge < -0.3 is 29.7 Å². The fourth-order valence-corrected chi connectivity index (χ4v) is 9.29. The number of aliphatic imine (C=N–C) groups is 1. The van der Waals surface area contributed by atoms with E-state index in [-0.39, 0.29) is 73.9 Å². The van der Waals surface area contributed by atoms with Crippen molar-refractivity contribution in [1.29, 1.82) is 0 Å². The number of benzene rings is 3. The third-order valence-corrected chi connectivity index (χ3v) is 12.8. The van der Waals surface area contributed by atoms with Crippen LogP contribution in [0.5, 0.6) is 17.2 Å². The van der Waals surface area contributed by atoms with Crippen LogP contribution in [0.4, 0.5) is 11.4 Å². The molecule has 0 bridgehead atoms. The summed E-state index contributed by atoms with van der Waals surface area (Å²) in [5.41, 5.74) is 5.50. The van der Waals surface area contributed by atoms with Crippen LogP contribution in [-0.4, -0.2) is 94.9 Å². The fraction of sp³-hybridized carbons (Fsp3) is 0.333. The average molecular weight is 921 g/mol. The highest BCUT2D eigenvalue weighted by molar-refractivity contribution is 7.15. The predicted molar refractivity (Wildman–Crippen MR) is 240 cm³/mol. The molecule has 0 spiro atoms. The molecule has 2 aromatic heterocycles. The first-order valence-corrected chi connectivity index (χ1v) is 22.0.